The number of oxazole rings is 1. The van der Waals surface area contributed by atoms with Crippen LogP contribution in [0.4, 0.5) is 0 Å². The molecule has 184 valence electrons. The minimum Gasteiger partial charge on any atom is -0.496 e. The van der Waals surface area contributed by atoms with Crippen LogP contribution in [0.2, 0.25) is 0 Å². The normalized spacial score (nSPS) is 11.0. The average Bonchev–Trinajstić information content (AvgIpc) is 3.63. The third-order valence-corrected chi connectivity index (χ3v) is 5.78. The quantitative estimate of drug-likeness (QED) is 0.311. The maximum Gasteiger partial charge on any atom is 0.280 e. The van der Waals surface area contributed by atoms with E-state index in [4.69, 9.17) is 23.2 Å². The van der Waals surface area contributed by atoms with Gasteiger partial charge in [-0.1, -0.05) is 22.5 Å². The molecule has 0 fully saturated rings. The maximum absolute atomic E-state index is 5.92. The van der Waals surface area contributed by atoms with Crippen LogP contribution < -0.4 is 14.2 Å². The van der Waals surface area contributed by atoms with E-state index in [-0.39, 0.29) is 5.89 Å². The Morgan fingerprint density at radius 1 is 0.861 bits per heavy atom. The Morgan fingerprint density at radius 2 is 1.64 bits per heavy atom. The summed E-state index contributed by atoms with van der Waals surface area (Å²) in [5, 5.41) is 12.6. The van der Waals surface area contributed by atoms with Crippen molar-refractivity contribution in [2.75, 3.05) is 21.3 Å². The van der Waals surface area contributed by atoms with Crippen LogP contribution in [-0.4, -0.2) is 51.4 Å². The monoisotopic (exact) mass is 488 g/mol. The first-order chi connectivity index (χ1) is 17.5. The minimum absolute atomic E-state index is 0.259. The molecule has 0 aliphatic rings. The third kappa shape index (κ3) is 4.15. The summed E-state index contributed by atoms with van der Waals surface area (Å²) in [6.45, 7) is 4.11. The van der Waals surface area contributed by atoms with Crippen LogP contribution in [0.3, 0.4) is 0 Å². The molecule has 0 bridgehead atoms. The molecule has 0 atom stereocenters. The summed E-state index contributed by atoms with van der Waals surface area (Å²) in [5.74, 6) is 3.69. The van der Waals surface area contributed by atoms with Crippen molar-refractivity contribution in [3.63, 3.8) is 0 Å². The van der Waals surface area contributed by atoms with E-state index in [1.165, 1.54) is 0 Å². The largest absolute Gasteiger partial charge is 0.496 e. The lowest BCUT2D eigenvalue weighted by atomic mass is 10.2. The van der Waals surface area contributed by atoms with Gasteiger partial charge < -0.3 is 23.2 Å². The second-order valence-electron chi connectivity index (χ2n) is 7.90. The molecule has 0 spiro atoms. The molecule has 0 radical (unpaired) electrons. The molecular weight excluding hydrogens is 464 g/mol. The number of para-hydroxylation sites is 1. The predicted octanol–water partition coefficient (Wildman–Crippen LogP) is 4.34. The topological polar surface area (TPSA) is 123 Å². The zero-order chi connectivity index (χ0) is 25.2. The lowest BCUT2D eigenvalue weighted by molar-refractivity contribution is 0.355. The molecule has 3 aromatic heterocycles. The molecule has 0 aliphatic carbocycles. The number of ether oxygens (including phenoxy) is 3. The van der Waals surface area contributed by atoms with Crippen LogP contribution in [0.25, 0.3) is 34.4 Å². The Bertz CT molecular complexity index is 1520. The van der Waals surface area contributed by atoms with Gasteiger partial charge in [0.1, 0.15) is 17.2 Å². The maximum atomic E-state index is 5.92. The molecule has 5 aromatic rings. The van der Waals surface area contributed by atoms with Crippen LogP contribution in [0.1, 0.15) is 17.1 Å². The summed E-state index contributed by atoms with van der Waals surface area (Å²) >= 11 is 0. The summed E-state index contributed by atoms with van der Waals surface area (Å²) in [5.41, 5.74) is 3.46. The molecule has 0 saturated heterocycles. The molecule has 3 heterocycles. The fourth-order valence-electron chi connectivity index (χ4n) is 3.77. The molecule has 11 nitrogen and oxygen atoms in total. The molecule has 0 aliphatic heterocycles. The van der Waals surface area contributed by atoms with Gasteiger partial charge in [-0.15, -0.1) is 5.10 Å². The smallest absolute Gasteiger partial charge is 0.280 e. The van der Waals surface area contributed by atoms with Gasteiger partial charge in [-0.25, -0.2) is 9.67 Å². The summed E-state index contributed by atoms with van der Waals surface area (Å²) in [7, 11) is 4.76. The van der Waals surface area contributed by atoms with E-state index in [1.807, 2.05) is 44.2 Å². The highest BCUT2D eigenvalue weighted by molar-refractivity contribution is 5.64. The van der Waals surface area contributed by atoms with Crippen LogP contribution in [-0.2, 0) is 6.54 Å². The lowest BCUT2D eigenvalue weighted by Crippen LogP contribution is -2.05. The zero-order valence-electron chi connectivity index (χ0n) is 20.5. The molecule has 0 amide bonds. The summed E-state index contributed by atoms with van der Waals surface area (Å²) in [6, 6.07) is 13.0. The Morgan fingerprint density at radius 3 is 2.42 bits per heavy atom. The molecule has 5 rings (SSSR count). The standard InChI is InChI=1S/C25H24N6O5/c1-14-22(25-27-23(29-36-25)16-10-11-20(33-4)21(12-16)34-5)28-30-31(14)13-18-15(2)35-24(26-18)17-8-6-7-9-19(17)32-3/h6-12H,13H2,1-5H3. The first-order valence-electron chi connectivity index (χ1n) is 11.1. The molecule has 2 aromatic carbocycles. The van der Waals surface area contributed by atoms with Crippen molar-refractivity contribution >= 4 is 0 Å². The molecular formula is C25H24N6O5. The van der Waals surface area contributed by atoms with E-state index >= 15 is 0 Å². The molecule has 11 heteroatoms. The fourth-order valence-corrected chi connectivity index (χ4v) is 3.77. The van der Waals surface area contributed by atoms with Gasteiger partial charge in [0.05, 0.1) is 39.1 Å². The number of hydrogen-bond acceptors (Lipinski definition) is 10. The van der Waals surface area contributed by atoms with Gasteiger partial charge in [0.25, 0.3) is 5.89 Å². The number of rotatable bonds is 8. The summed E-state index contributed by atoms with van der Waals surface area (Å²) in [6.07, 6.45) is 0. The van der Waals surface area contributed by atoms with Gasteiger partial charge in [0, 0.05) is 5.56 Å². The Balaban J connectivity index is 1.40. The van der Waals surface area contributed by atoms with Crippen LogP contribution in [0.15, 0.2) is 51.4 Å². The van der Waals surface area contributed by atoms with Crippen LogP contribution in [0.5, 0.6) is 17.2 Å². The van der Waals surface area contributed by atoms with Gasteiger partial charge in [-0.2, -0.15) is 4.98 Å². The fraction of sp³-hybridized carbons (Fsp3) is 0.240. The number of benzene rings is 2. The highest BCUT2D eigenvalue weighted by Crippen LogP contribution is 2.33. The van der Waals surface area contributed by atoms with Crippen LogP contribution in [0, 0.1) is 13.8 Å². The lowest BCUT2D eigenvalue weighted by Gasteiger charge is -2.07. The summed E-state index contributed by atoms with van der Waals surface area (Å²) < 4.78 is 29.2. The highest BCUT2D eigenvalue weighted by Gasteiger charge is 2.21. The van der Waals surface area contributed by atoms with Crippen LogP contribution >= 0.6 is 0 Å². The van der Waals surface area contributed by atoms with E-state index < -0.39 is 0 Å². The number of aryl methyl sites for hydroxylation is 1. The van der Waals surface area contributed by atoms with E-state index in [9.17, 15) is 0 Å². The predicted molar refractivity (Wildman–Crippen MR) is 129 cm³/mol. The molecule has 0 N–H and O–H groups in total. The first kappa shape index (κ1) is 23.1. The van der Waals surface area contributed by atoms with Crippen molar-refractivity contribution in [2.45, 2.75) is 20.4 Å². The number of methoxy groups -OCH3 is 3. The number of nitrogens with zero attached hydrogens (tertiary/aromatic N) is 6. The Kier molecular flexibility index (Phi) is 6.11. The third-order valence-electron chi connectivity index (χ3n) is 5.78. The van der Waals surface area contributed by atoms with Crippen molar-refractivity contribution < 1.29 is 23.2 Å². The first-order valence-corrected chi connectivity index (χ1v) is 11.1. The Labute approximate surface area is 206 Å². The Hall–Kier alpha value is -4.67. The van der Waals surface area contributed by atoms with E-state index in [0.717, 1.165) is 22.5 Å². The van der Waals surface area contributed by atoms with Crippen molar-refractivity contribution in [1.82, 2.24) is 30.1 Å². The van der Waals surface area contributed by atoms with Crippen molar-refractivity contribution in [2.24, 2.45) is 0 Å². The highest BCUT2D eigenvalue weighted by atomic mass is 16.5. The molecule has 0 unspecified atom stereocenters. The van der Waals surface area contributed by atoms with Gasteiger partial charge >= 0.3 is 0 Å². The SMILES string of the molecule is COc1ccc(-c2noc(-c3nnn(Cc4nc(-c5ccccc5OC)oc4C)c3C)n2)cc1OC. The van der Waals surface area contributed by atoms with Crippen molar-refractivity contribution in [3.8, 4) is 51.7 Å². The van der Waals surface area contributed by atoms with Gasteiger partial charge in [0.15, 0.2) is 17.2 Å². The van der Waals surface area contributed by atoms with Gasteiger partial charge in [-0.05, 0) is 44.2 Å². The average molecular weight is 489 g/mol. The number of aromatic nitrogens is 6. The van der Waals surface area contributed by atoms with E-state index in [0.29, 0.717) is 47.0 Å². The second-order valence-corrected chi connectivity index (χ2v) is 7.90. The van der Waals surface area contributed by atoms with Crippen molar-refractivity contribution in [3.05, 3.63) is 59.6 Å². The van der Waals surface area contributed by atoms with Gasteiger partial charge in [-0.3, -0.25) is 0 Å². The van der Waals surface area contributed by atoms with E-state index in [1.54, 1.807) is 38.1 Å². The van der Waals surface area contributed by atoms with E-state index in [2.05, 4.69) is 25.4 Å². The number of hydrogen-bond donors (Lipinski definition) is 0. The minimum atomic E-state index is 0.259. The van der Waals surface area contributed by atoms with Gasteiger partial charge in [0.2, 0.25) is 11.7 Å². The molecule has 0 saturated carbocycles. The second kappa shape index (κ2) is 9.53. The zero-order valence-corrected chi connectivity index (χ0v) is 20.5. The molecule has 36 heavy (non-hydrogen) atoms. The summed E-state index contributed by atoms with van der Waals surface area (Å²) in [4.78, 5) is 9.18. The van der Waals surface area contributed by atoms with Crippen molar-refractivity contribution in [1.29, 1.82) is 0 Å².